The summed E-state index contributed by atoms with van der Waals surface area (Å²) in [6, 6.07) is 3.64. The van der Waals surface area contributed by atoms with Crippen LogP contribution < -0.4 is 0 Å². The third kappa shape index (κ3) is 3.08. The average Bonchev–Trinajstić information content (AvgIpc) is 2.33. The summed E-state index contributed by atoms with van der Waals surface area (Å²) in [5, 5.41) is 0. The highest BCUT2D eigenvalue weighted by atomic mass is 16.1. The maximum absolute atomic E-state index is 10.4. The zero-order valence-electron chi connectivity index (χ0n) is 9.73. The molecule has 0 aromatic heterocycles. The summed E-state index contributed by atoms with van der Waals surface area (Å²) in [7, 11) is 0. The van der Waals surface area contributed by atoms with E-state index in [2.05, 4.69) is 9.98 Å². The van der Waals surface area contributed by atoms with E-state index in [0.29, 0.717) is 11.4 Å². The molecule has 17 heavy (non-hydrogen) atoms. The van der Waals surface area contributed by atoms with Crippen LogP contribution in [-0.4, -0.2) is 12.2 Å². The summed E-state index contributed by atoms with van der Waals surface area (Å²) < 4.78 is 0. The van der Waals surface area contributed by atoms with E-state index >= 15 is 0 Å². The largest absolute Gasteiger partial charge is 0.240 e. The Kier molecular flexibility index (Phi) is 4.77. The van der Waals surface area contributed by atoms with E-state index in [-0.39, 0.29) is 0 Å². The van der Waals surface area contributed by atoms with Crippen LogP contribution in [0.5, 0.6) is 0 Å². The number of allylic oxidation sites excluding steroid dienone is 1. The molecule has 0 spiro atoms. The fraction of sp³-hybridized carbons (Fsp3) is 0.231. The Hall–Kier alpha value is -2.28. The molecule has 0 radical (unpaired) electrons. The first-order valence-electron chi connectivity index (χ1n) is 5.20. The van der Waals surface area contributed by atoms with Crippen LogP contribution in [0.4, 0.5) is 11.4 Å². The minimum absolute atomic E-state index is 0.355. The first kappa shape index (κ1) is 12.8. The van der Waals surface area contributed by atoms with Crippen molar-refractivity contribution in [3.63, 3.8) is 0 Å². The molecule has 4 heteroatoms. The van der Waals surface area contributed by atoms with Gasteiger partial charge in [-0.05, 0) is 18.9 Å². The van der Waals surface area contributed by atoms with Crippen molar-refractivity contribution < 1.29 is 9.59 Å². The number of hydrogen-bond donors (Lipinski definition) is 0. The third-order valence-electron chi connectivity index (χ3n) is 2.23. The lowest BCUT2D eigenvalue weighted by Crippen LogP contribution is -1.81. The molecule has 1 rings (SSSR count). The van der Waals surface area contributed by atoms with Crippen molar-refractivity contribution in [3.8, 4) is 0 Å². The Labute approximate surface area is 99.4 Å². The maximum Gasteiger partial charge on any atom is 0.240 e. The first-order chi connectivity index (χ1) is 8.24. The molecular weight excluding hydrogens is 216 g/mol. The highest BCUT2D eigenvalue weighted by Gasteiger charge is 2.08. The molecule has 0 aliphatic carbocycles. The molecule has 0 fully saturated rings. The van der Waals surface area contributed by atoms with Gasteiger partial charge >= 0.3 is 0 Å². The second-order valence-corrected chi connectivity index (χ2v) is 3.39. The van der Waals surface area contributed by atoms with Crippen molar-refractivity contribution in [2.24, 2.45) is 9.98 Å². The summed E-state index contributed by atoms with van der Waals surface area (Å²) in [5.74, 6) is 0. The van der Waals surface area contributed by atoms with E-state index < -0.39 is 0 Å². The summed E-state index contributed by atoms with van der Waals surface area (Å²) in [6.07, 6.45) is 7.58. The maximum atomic E-state index is 10.4. The molecule has 0 heterocycles. The lowest BCUT2D eigenvalue weighted by Gasteiger charge is -2.05. The third-order valence-corrected chi connectivity index (χ3v) is 2.23. The quantitative estimate of drug-likeness (QED) is 0.586. The molecule has 0 unspecified atom stereocenters. The van der Waals surface area contributed by atoms with E-state index in [4.69, 9.17) is 0 Å². The number of hydrogen-bond acceptors (Lipinski definition) is 4. The van der Waals surface area contributed by atoms with Gasteiger partial charge in [-0.25, -0.2) is 9.59 Å². The second-order valence-electron chi connectivity index (χ2n) is 3.39. The predicted octanol–water partition coefficient (Wildman–Crippen LogP) is 3.35. The standard InChI is InChI=1S/C13H12N2O2/c1-3-4-5-11-7-6-10(2)12(14-8-16)13(11)15-9-17/h4-7H,3H2,1-2H3/b5-4+. The zero-order valence-corrected chi connectivity index (χ0v) is 9.73. The normalized spacial score (nSPS) is 9.76. The number of aliphatic imine (C=N–C) groups is 2. The van der Waals surface area contributed by atoms with Crippen molar-refractivity contribution in [2.75, 3.05) is 0 Å². The minimum Gasteiger partial charge on any atom is -0.211 e. The Morgan fingerprint density at radius 2 is 1.82 bits per heavy atom. The van der Waals surface area contributed by atoms with Gasteiger partial charge in [0.25, 0.3) is 0 Å². The highest BCUT2D eigenvalue weighted by molar-refractivity contribution is 5.80. The van der Waals surface area contributed by atoms with Crippen LogP contribution in [0.1, 0.15) is 24.5 Å². The van der Waals surface area contributed by atoms with Crippen molar-refractivity contribution in [1.29, 1.82) is 0 Å². The molecule has 0 saturated heterocycles. The van der Waals surface area contributed by atoms with E-state index in [1.807, 2.05) is 31.2 Å². The van der Waals surface area contributed by atoms with Crippen molar-refractivity contribution in [2.45, 2.75) is 20.3 Å². The van der Waals surface area contributed by atoms with Crippen LogP contribution in [0.3, 0.4) is 0 Å². The Morgan fingerprint density at radius 1 is 1.18 bits per heavy atom. The number of aryl methyl sites for hydroxylation is 1. The number of rotatable bonds is 4. The zero-order chi connectivity index (χ0) is 12.7. The number of isocyanates is 2. The van der Waals surface area contributed by atoms with Crippen molar-refractivity contribution in [3.05, 3.63) is 29.3 Å². The lowest BCUT2D eigenvalue weighted by molar-refractivity contribution is 0.564. The molecule has 1 aromatic rings. The number of carbonyl (C=O) groups excluding carboxylic acids is 2. The van der Waals surface area contributed by atoms with Gasteiger partial charge in [-0.2, -0.15) is 9.98 Å². The number of nitrogens with zero attached hydrogens (tertiary/aromatic N) is 2. The van der Waals surface area contributed by atoms with Gasteiger partial charge in [0.1, 0.15) is 11.4 Å². The van der Waals surface area contributed by atoms with E-state index in [0.717, 1.165) is 17.5 Å². The van der Waals surface area contributed by atoms with Gasteiger partial charge in [0.05, 0.1) is 0 Å². The molecule has 1 aromatic carbocycles. The molecule has 0 aliphatic rings. The molecule has 4 nitrogen and oxygen atoms in total. The molecular formula is C13H12N2O2. The SMILES string of the molecule is CC/C=C/c1ccc(C)c(N=C=O)c1N=C=O. The van der Waals surface area contributed by atoms with Crippen LogP contribution in [0.25, 0.3) is 6.08 Å². The van der Waals surface area contributed by atoms with Gasteiger partial charge in [0, 0.05) is 5.56 Å². The Morgan fingerprint density at radius 3 is 2.41 bits per heavy atom. The van der Waals surface area contributed by atoms with Crippen LogP contribution in [-0.2, 0) is 9.59 Å². The summed E-state index contributed by atoms with van der Waals surface area (Å²) >= 11 is 0. The molecule has 0 atom stereocenters. The summed E-state index contributed by atoms with van der Waals surface area (Å²) in [4.78, 5) is 28.0. The van der Waals surface area contributed by atoms with Gasteiger partial charge in [-0.15, -0.1) is 0 Å². The molecule has 0 N–H and O–H groups in total. The average molecular weight is 228 g/mol. The Bertz CT molecular complexity index is 535. The van der Waals surface area contributed by atoms with Gasteiger partial charge in [0.2, 0.25) is 12.2 Å². The van der Waals surface area contributed by atoms with Gasteiger partial charge in [-0.1, -0.05) is 31.2 Å². The monoisotopic (exact) mass is 228 g/mol. The smallest absolute Gasteiger partial charge is 0.211 e. The highest BCUT2D eigenvalue weighted by Crippen LogP contribution is 2.35. The predicted molar refractivity (Wildman–Crippen MR) is 66.1 cm³/mol. The fourth-order valence-electron chi connectivity index (χ4n) is 1.43. The molecule has 0 saturated carbocycles. The van der Waals surface area contributed by atoms with Gasteiger partial charge in [-0.3, -0.25) is 0 Å². The van der Waals surface area contributed by atoms with Gasteiger partial charge in [0.15, 0.2) is 0 Å². The van der Waals surface area contributed by atoms with Gasteiger partial charge < -0.3 is 0 Å². The molecule has 0 aliphatic heterocycles. The Balaban J connectivity index is 3.51. The fourth-order valence-corrected chi connectivity index (χ4v) is 1.43. The van der Waals surface area contributed by atoms with E-state index in [1.165, 1.54) is 12.2 Å². The van der Waals surface area contributed by atoms with Crippen LogP contribution in [0, 0.1) is 6.92 Å². The topological polar surface area (TPSA) is 58.9 Å². The first-order valence-corrected chi connectivity index (χ1v) is 5.20. The van der Waals surface area contributed by atoms with Crippen molar-refractivity contribution >= 4 is 29.6 Å². The van der Waals surface area contributed by atoms with E-state index in [1.54, 1.807) is 6.92 Å². The summed E-state index contributed by atoms with van der Waals surface area (Å²) in [6.45, 7) is 3.78. The summed E-state index contributed by atoms with van der Waals surface area (Å²) in [5.41, 5.74) is 2.21. The number of benzene rings is 1. The van der Waals surface area contributed by atoms with Crippen molar-refractivity contribution in [1.82, 2.24) is 0 Å². The minimum atomic E-state index is 0.355. The molecule has 0 bridgehead atoms. The van der Waals surface area contributed by atoms with Crippen LogP contribution >= 0.6 is 0 Å². The second kappa shape index (κ2) is 6.33. The lowest BCUT2D eigenvalue weighted by atomic mass is 10.1. The van der Waals surface area contributed by atoms with Crippen LogP contribution in [0.2, 0.25) is 0 Å². The van der Waals surface area contributed by atoms with Crippen LogP contribution in [0.15, 0.2) is 28.2 Å². The van der Waals surface area contributed by atoms with E-state index in [9.17, 15) is 9.59 Å². The molecule has 86 valence electrons. The molecule has 0 amide bonds.